The number of likely N-dealkylation sites (tertiary alicyclic amines) is 1. The summed E-state index contributed by atoms with van der Waals surface area (Å²) in [7, 11) is -1.54. The summed E-state index contributed by atoms with van der Waals surface area (Å²) in [5.74, 6) is -0.294. The Bertz CT molecular complexity index is 1770. The maximum Gasteiger partial charge on any atom is 0.306 e. The minimum Gasteiger partial charge on any atom is -0.469 e. The number of nitrogens with zero attached hydrogens (tertiary/aromatic N) is 1. The molecule has 0 aromatic heterocycles. The summed E-state index contributed by atoms with van der Waals surface area (Å²) in [6.07, 6.45) is 2.99. The Labute approximate surface area is 314 Å². The molecule has 1 saturated heterocycles. The van der Waals surface area contributed by atoms with Gasteiger partial charge in [0.25, 0.3) is 8.32 Å². The Kier molecular flexibility index (Phi) is 11.2. The molecule has 0 spiro atoms. The van der Waals surface area contributed by atoms with Gasteiger partial charge in [0, 0.05) is 16.0 Å². The fourth-order valence-corrected chi connectivity index (χ4v) is 13.4. The number of carbonyl (C=O) groups is 2. The normalized spacial score (nSPS) is 21.7. The van der Waals surface area contributed by atoms with E-state index < -0.39 is 13.7 Å². The van der Waals surface area contributed by atoms with Crippen LogP contribution in [0.2, 0.25) is 15.1 Å². The number of hydrogen-bond acceptors (Lipinski definition) is 4. The van der Waals surface area contributed by atoms with Gasteiger partial charge in [-0.15, -0.1) is 0 Å². The van der Waals surface area contributed by atoms with Crippen LogP contribution in [0.15, 0.2) is 109 Å². The number of halogens is 2. The standard InChI is InChI=1S/C43H49Cl2NO4Si/c1-6-43(28-39(47)49-5)27-37(32-14-13-15-34(45)26-32)40(31-22-24-33(44)25-23-31)46(41(43)48)38(30-20-21-30)29-50-51(42(2,3)4,35-16-9-7-10-17-35)36-18-11-8-12-19-36/h7-19,22-26,30,37-38,40H,6,20-21,27-29H2,1-5H3/t37-,38-,40?,43?/m1/s1. The number of hydrogen-bond donors (Lipinski definition) is 0. The maximum atomic E-state index is 15.5. The first-order chi connectivity index (χ1) is 24.4. The molecule has 2 unspecified atom stereocenters. The first-order valence-corrected chi connectivity index (χ1v) is 20.8. The van der Waals surface area contributed by atoms with Gasteiger partial charge in [-0.05, 0) is 82.4 Å². The Morgan fingerprint density at radius 2 is 1.47 bits per heavy atom. The van der Waals surface area contributed by atoms with Crippen LogP contribution in [0.25, 0.3) is 0 Å². The second kappa shape index (κ2) is 15.3. The second-order valence-electron chi connectivity index (χ2n) is 15.3. The highest BCUT2D eigenvalue weighted by Gasteiger charge is 2.57. The van der Waals surface area contributed by atoms with Gasteiger partial charge in [-0.2, -0.15) is 0 Å². The van der Waals surface area contributed by atoms with E-state index in [1.54, 1.807) is 0 Å². The average molecular weight is 743 g/mol. The van der Waals surface area contributed by atoms with Crippen molar-refractivity contribution in [2.75, 3.05) is 13.7 Å². The van der Waals surface area contributed by atoms with Gasteiger partial charge in [-0.3, -0.25) is 9.59 Å². The minimum atomic E-state index is -2.94. The molecule has 4 aromatic carbocycles. The molecule has 1 aliphatic heterocycles. The van der Waals surface area contributed by atoms with E-state index in [1.807, 2.05) is 61.5 Å². The SMILES string of the molecule is CCC1(CC(=O)OC)C[C@H](c2cccc(Cl)c2)C(c2ccc(Cl)cc2)N([C@H](CO[Si](c2ccccc2)(c2ccccc2)C(C)(C)C)C2CC2)C1=O. The molecule has 0 bridgehead atoms. The fraction of sp³-hybridized carbons (Fsp3) is 0.395. The quantitative estimate of drug-likeness (QED) is 0.107. The maximum absolute atomic E-state index is 15.5. The van der Waals surface area contributed by atoms with E-state index in [0.29, 0.717) is 29.5 Å². The highest BCUT2D eigenvalue weighted by Crippen LogP contribution is 2.55. The summed E-state index contributed by atoms with van der Waals surface area (Å²) in [4.78, 5) is 30.7. The van der Waals surface area contributed by atoms with Gasteiger partial charge in [-0.25, -0.2) is 0 Å². The lowest BCUT2D eigenvalue weighted by Gasteiger charge is -2.53. The average Bonchev–Trinajstić information content (AvgIpc) is 3.97. The van der Waals surface area contributed by atoms with Crippen molar-refractivity contribution in [3.8, 4) is 0 Å². The van der Waals surface area contributed by atoms with Crippen molar-refractivity contribution in [3.05, 3.63) is 130 Å². The van der Waals surface area contributed by atoms with E-state index in [2.05, 4.69) is 80.3 Å². The molecule has 8 heteroatoms. The van der Waals surface area contributed by atoms with Crippen LogP contribution in [0, 0.1) is 11.3 Å². The van der Waals surface area contributed by atoms with Crippen LogP contribution in [0.5, 0.6) is 0 Å². The molecule has 2 aliphatic rings. The zero-order chi connectivity index (χ0) is 36.4. The Balaban J connectivity index is 1.54. The number of carbonyl (C=O) groups excluding carboxylic acids is 2. The Morgan fingerprint density at radius 3 is 1.98 bits per heavy atom. The largest absolute Gasteiger partial charge is 0.469 e. The summed E-state index contributed by atoms with van der Waals surface area (Å²) in [6.45, 7) is 9.22. The zero-order valence-corrected chi connectivity index (χ0v) is 32.8. The molecule has 1 heterocycles. The van der Waals surface area contributed by atoms with Crippen LogP contribution in [-0.4, -0.2) is 44.9 Å². The lowest BCUT2D eigenvalue weighted by Crippen LogP contribution is -2.68. The molecule has 0 N–H and O–H groups in total. The zero-order valence-electron chi connectivity index (χ0n) is 30.3. The Hall–Kier alpha value is -3.42. The predicted molar refractivity (Wildman–Crippen MR) is 209 cm³/mol. The van der Waals surface area contributed by atoms with Gasteiger partial charge in [-0.1, -0.05) is 136 Å². The van der Waals surface area contributed by atoms with Crippen molar-refractivity contribution in [1.82, 2.24) is 4.90 Å². The van der Waals surface area contributed by atoms with Crippen molar-refractivity contribution in [3.63, 3.8) is 0 Å². The smallest absolute Gasteiger partial charge is 0.306 e. The topological polar surface area (TPSA) is 55.8 Å². The van der Waals surface area contributed by atoms with Crippen LogP contribution in [0.3, 0.4) is 0 Å². The van der Waals surface area contributed by atoms with Crippen LogP contribution >= 0.6 is 23.2 Å². The summed E-state index contributed by atoms with van der Waals surface area (Å²) >= 11 is 13.1. The summed E-state index contributed by atoms with van der Waals surface area (Å²) < 4.78 is 12.8. The molecule has 1 saturated carbocycles. The molecule has 2 fully saturated rings. The summed E-state index contributed by atoms with van der Waals surface area (Å²) in [5, 5.41) is 3.43. The van der Waals surface area contributed by atoms with Crippen molar-refractivity contribution in [1.29, 1.82) is 0 Å². The van der Waals surface area contributed by atoms with Crippen LogP contribution < -0.4 is 10.4 Å². The number of piperidine rings is 1. The molecule has 5 nitrogen and oxygen atoms in total. The number of benzene rings is 4. The van der Waals surface area contributed by atoms with Gasteiger partial charge >= 0.3 is 5.97 Å². The molecule has 4 atom stereocenters. The lowest BCUT2D eigenvalue weighted by atomic mass is 9.64. The van der Waals surface area contributed by atoms with Gasteiger partial charge in [0.1, 0.15) is 0 Å². The lowest BCUT2D eigenvalue weighted by molar-refractivity contribution is -0.164. The number of rotatable bonds is 12. The van der Waals surface area contributed by atoms with E-state index in [4.69, 9.17) is 32.4 Å². The van der Waals surface area contributed by atoms with Crippen molar-refractivity contribution < 1.29 is 18.8 Å². The first-order valence-electron chi connectivity index (χ1n) is 18.1. The van der Waals surface area contributed by atoms with Crippen molar-refractivity contribution in [2.24, 2.45) is 11.3 Å². The number of methoxy groups -OCH3 is 1. The van der Waals surface area contributed by atoms with E-state index in [9.17, 15) is 4.79 Å². The molecule has 4 aromatic rings. The molecule has 268 valence electrons. The van der Waals surface area contributed by atoms with Crippen molar-refractivity contribution in [2.45, 2.75) is 82.8 Å². The molecule has 51 heavy (non-hydrogen) atoms. The predicted octanol–water partition coefficient (Wildman–Crippen LogP) is 9.37. The molecular weight excluding hydrogens is 693 g/mol. The van der Waals surface area contributed by atoms with E-state index in [-0.39, 0.29) is 47.3 Å². The highest BCUT2D eigenvalue weighted by molar-refractivity contribution is 6.99. The van der Waals surface area contributed by atoms with Gasteiger partial charge in [0.05, 0.1) is 37.6 Å². The monoisotopic (exact) mass is 741 g/mol. The van der Waals surface area contributed by atoms with Gasteiger partial charge < -0.3 is 14.1 Å². The summed E-state index contributed by atoms with van der Waals surface area (Å²) in [5.41, 5.74) is 1.06. The number of ether oxygens (including phenoxy) is 1. The Morgan fingerprint density at radius 1 is 0.863 bits per heavy atom. The van der Waals surface area contributed by atoms with Crippen molar-refractivity contribution >= 4 is 53.8 Å². The molecule has 0 radical (unpaired) electrons. The first kappa shape index (κ1) is 37.3. The minimum absolute atomic E-state index is 0.00664. The molecule has 1 amide bonds. The van der Waals surface area contributed by atoms with Gasteiger partial charge in [0.15, 0.2) is 0 Å². The number of esters is 1. The third-order valence-corrected chi connectivity index (χ3v) is 16.8. The van der Waals surface area contributed by atoms with E-state index >= 15 is 4.79 Å². The number of amides is 1. The van der Waals surface area contributed by atoms with E-state index in [1.165, 1.54) is 17.5 Å². The highest BCUT2D eigenvalue weighted by atomic mass is 35.5. The third kappa shape index (κ3) is 7.43. The second-order valence-corrected chi connectivity index (χ2v) is 20.5. The van der Waals surface area contributed by atoms with E-state index in [0.717, 1.165) is 24.0 Å². The molecule has 1 aliphatic carbocycles. The fourth-order valence-electron chi connectivity index (χ4n) is 8.47. The molecule has 6 rings (SSSR count). The molecular formula is C43H49Cl2NO4Si. The third-order valence-electron chi connectivity index (χ3n) is 11.3. The van der Waals surface area contributed by atoms with Crippen LogP contribution in [0.1, 0.15) is 82.9 Å². The van der Waals surface area contributed by atoms with Gasteiger partial charge in [0.2, 0.25) is 5.91 Å². The summed E-state index contributed by atoms with van der Waals surface area (Å²) in [6, 6.07) is 36.5. The van der Waals surface area contributed by atoms with Crippen LogP contribution in [0.4, 0.5) is 0 Å². The van der Waals surface area contributed by atoms with Crippen LogP contribution in [-0.2, 0) is 18.8 Å².